The number of aryl methyl sites for hydroxylation is 2. The summed E-state index contributed by atoms with van der Waals surface area (Å²) in [5, 5.41) is 2.93. The Bertz CT molecular complexity index is 573. The maximum atomic E-state index is 11.9. The first-order valence-electron chi connectivity index (χ1n) is 5.60. The van der Waals surface area contributed by atoms with Crippen LogP contribution in [0.15, 0.2) is 27.3 Å². The van der Waals surface area contributed by atoms with Crippen LogP contribution in [-0.4, -0.2) is 5.91 Å². The Morgan fingerprint density at radius 2 is 2.17 bits per heavy atom. The molecule has 2 aromatic rings. The standard InChI is InChI=1S/C13H14BrNO2S/c1-7-6-10(9(3)18-7)8(2)15-13(16)11-4-5-12(14)17-11/h4-6,8H,1-3H3,(H,15,16). The summed E-state index contributed by atoms with van der Waals surface area (Å²) in [6, 6.07) is 5.45. The molecule has 0 aliphatic heterocycles. The van der Waals surface area contributed by atoms with E-state index in [4.69, 9.17) is 4.42 Å². The van der Waals surface area contributed by atoms with Crippen molar-refractivity contribution < 1.29 is 9.21 Å². The van der Waals surface area contributed by atoms with Gasteiger partial charge in [-0.05, 0) is 60.5 Å². The molecule has 1 N–H and O–H groups in total. The summed E-state index contributed by atoms with van der Waals surface area (Å²) in [7, 11) is 0. The van der Waals surface area contributed by atoms with E-state index in [-0.39, 0.29) is 11.9 Å². The average molecular weight is 328 g/mol. The molecule has 2 rings (SSSR count). The molecule has 96 valence electrons. The predicted molar refractivity (Wildman–Crippen MR) is 76.1 cm³/mol. The predicted octanol–water partition coefficient (Wildman–Crippen LogP) is 4.21. The highest BCUT2D eigenvalue weighted by atomic mass is 79.9. The van der Waals surface area contributed by atoms with Crippen molar-refractivity contribution in [1.29, 1.82) is 0 Å². The summed E-state index contributed by atoms with van der Waals surface area (Å²) in [6.45, 7) is 6.11. The molecule has 5 heteroatoms. The van der Waals surface area contributed by atoms with Crippen LogP contribution in [-0.2, 0) is 0 Å². The number of halogens is 1. The van der Waals surface area contributed by atoms with Crippen LogP contribution in [0.4, 0.5) is 0 Å². The summed E-state index contributed by atoms with van der Waals surface area (Å²) in [4.78, 5) is 14.4. The molecule has 0 aromatic carbocycles. The Hall–Kier alpha value is -1.07. The fourth-order valence-electron chi connectivity index (χ4n) is 1.86. The molecule has 0 spiro atoms. The third kappa shape index (κ3) is 2.84. The van der Waals surface area contributed by atoms with Crippen molar-refractivity contribution in [2.45, 2.75) is 26.8 Å². The minimum atomic E-state index is -0.198. The lowest BCUT2D eigenvalue weighted by atomic mass is 10.1. The Labute approximate surface area is 118 Å². The van der Waals surface area contributed by atoms with Gasteiger partial charge in [-0.25, -0.2) is 0 Å². The van der Waals surface area contributed by atoms with Crippen molar-refractivity contribution >= 4 is 33.2 Å². The summed E-state index contributed by atoms with van der Waals surface area (Å²) in [5.74, 6) is 0.120. The Balaban J connectivity index is 2.10. The summed E-state index contributed by atoms with van der Waals surface area (Å²) in [5.41, 5.74) is 1.16. The van der Waals surface area contributed by atoms with Gasteiger partial charge in [-0.3, -0.25) is 4.79 Å². The van der Waals surface area contributed by atoms with Gasteiger partial charge < -0.3 is 9.73 Å². The maximum absolute atomic E-state index is 11.9. The molecule has 0 radical (unpaired) electrons. The second kappa shape index (κ2) is 5.28. The first kappa shape index (κ1) is 13.4. The van der Waals surface area contributed by atoms with E-state index in [9.17, 15) is 4.79 Å². The van der Waals surface area contributed by atoms with Gasteiger partial charge in [0, 0.05) is 9.75 Å². The van der Waals surface area contributed by atoms with Crippen LogP contribution in [0.2, 0.25) is 0 Å². The SMILES string of the molecule is Cc1cc(C(C)NC(=O)c2ccc(Br)o2)c(C)s1. The van der Waals surface area contributed by atoms with E-state index in [2.05, 4.69) is 41.2 Å². The molecule has 0 saturated carbocycles. The summed E-state index contributed by atoms with van der Waals surface area (Å²) in [6.07, 6.45) is 0. The number of nitrogens with one attached hydrogen (secondary N) is 1. The average Bonchev–Trinajstić information content (AvgIpc) is 2.84. The number of rotatable bonds is 3. The van der Waals surface area contributed by atoms with Crippen molar-refractivity contribution in [1.82, 2.24) is 5.32 Å². The molecule has 1 unspecified atom stereocenters. The molecule has 1 atom stereocenters. The first-order valence-corrected chi connectivity index (χ1v) is 7.21. The van der Waals surface area contributed by atoms with Crippen LogP contribution in [0.25, 0.3) is 0 Å². The molecule has 2 aromatic heterocycles. The lowest BCUT2D eigenvalue weighted by molar-refractivity contribution is 0.0910. The van der Waals surface area contributed by atoms with Gasteiger partial charge >= 0.3 is 0 Å². The molecule has 2 heterocycles. The van der Waals surface area contributed by atoms with Gasteiger partial charge in [-0.2, -0.15) is 0 Å². The van der Waals surface area contributed by atoms with Crippen LogP contribution in [0.3, 0.4) is 0 Å². The van der Waals surface area contributed by atoms with Gasteiger partial charge in [-0.15, -0.1) is 11.3 Å². The minimum Gasteiger partial charge on any atom is -0.444 e. The van der Waals surface area contributed by atoms with Crippen LogP contribution in [0, 0.1) is 13.8 Å². The third-order valence-electron chi connectivity index (χ3n) is 2.69. The molecule has 1 amide bonds. The van der Waals surface area contributed by atoms with E-state index in [0.29, 0.717) is 10.4 Å². The second-order valence-corrected chi connectivity index (χ2v) is 6.41. The summed E-state index contributed by atoms with van der Waals surface area (Å²) < 4.78 is 5.78. The van der Waals surface area contributed by atoms with Gasteiger partial charge in [0.2, 0.25) is 0 Å². The van der Waals surface area contributed by atoms with Gasteiger partial charge in [0.15, 0.2) is 10.4 Å². The number of hydrogen-bond donors (Lipinski definition) is 1. The number of furan rings is 1. The van der Waals surface area contributed by atoms with Crippen molar-refractivity contribution in [3.8, 4) is 0 Å². The van der Waals surface area contributed by atoms with Gasteiger partial charge in [0.25, 0.3) is 5.91 Å². The Kier molecular flexibility index (Phi) is 3.92. The normalized spacial score (nSPS) is 12.4. The van der Waals surface area contributed by atoms with Crippen molar-refractivity contribution in [3.05, 3.63) is 43.9 Å². The van der Waals surface area contributed by atoms with Gasteiger partial charge in [-0.1, -0.05) is 0 Å². The lowest BCUT2D eigenvalue weighted by Crippen LogP contribution is -2.26. The van der Waals surface area contributed by atoms with Gasteiger partial charge in [0.05, 0.1) is 6.04 Å². The molecule has 0 bridgehead atoms. The Morgan fingerprint density at radius 3 is 2.67 bits per heavy atom. The highest BCUT2D eigenvalue weighted by Gasteiger charge is 2.16. The largest absolute Gasteiger partial charge is 0.444 e. The van der Waals surface area contributed by atoms with E-state index in [1.807, 2.05) is 6.92 Å². The molecular weight excluding hydrogens is 314 g/mol. The number of amides is 1. The monoisotopic (exact) mass is 327 g/mol. The maximum Gasteiger partial charge on any atom is 0.287 e. The van der Waals surface area contributed by atoms with E-state index < -0.39 is 0 Å². The fraction of sp³-hybridized carbons (Fsp3) is 0.308. The van der Waals surface area contributed by atoms with Crippen LogP contribution in [0.5, 0.6) is 0 Å². The van der Waals surface area contributed by atoms with E-state index in [1.54, 1.807) is 23.5 Å². The van der Waals surface area contributed by atoms with Crippen molar-refractivity contribution in [2.24, 2.45) is 0 Å². The molecular formula is C13H14BrNO2S. The third-order valence-corrected chi connectivity index (χ3v) is 4.10. The van der Waals surface area contributed by atoms with E-state index >= 15 is 0 Å². The highest BCUT2D eigenvalue weighted by molar-refractivity contribution is 9.10. The number of thiophene rings is 1. The van der Waals surface area contributed by atoms with Crippen molar-refractivity contribution in [3.63, 3.8) is 0 Å². The Morgan fingerprint density at radius 1 is 1.44 bits per heavy atom. The molecule has 0 saturated heterocycles. The van der Waals surface area contributed by atoms with Crippen LogP contribution in [0.1, 0.15) is 38.8 Å². The zero-order valence-corrected chi connectivity index (χ0v) is 12.8. The highest BCUT2D eigenvalue weighted by Crippen LogP contribution is 2.26. The van der Waals surface area contributed by atoms with E-state index in [1.165, 1.54) is 9.75 Å². The molecule has 0 aliphatic carbocycles. The summed E-state index contributed by atoms with van der Waals surface area (Å²) >= 11 is 4.92. The van der Waals surface area contributed by atoms with Gasteiger partial charge in [0.1, 0.15) is 0 Å². The zero-order valence-electron chi connectivity index (χ0n) is 10.4. The second-order valence-electron chi connectivity index (χ2n) is 4.17. The molecule has 18 heavy (non-hydrogen) atoms. The lowest BCUT2D eigenvalue weighted by Gasteiger charge is -2.12. The zero-order chi connectivity index (χ0) is 13.3. The number of hydrogen-bond acceptors (Lipinski definition) is 3. The molecule has 0 fully saturated rings. The van der Waals surface area contributed by atoms with Crippen molar-refractivity contribution in [2.75, 3.05) is 0 Å². The fourth-order valence-corrected chi connectivity index (χ4v) is 3.19. The smallest absolute Gasteiger partial charge is 0.287 e. The quantitative estimate of drug-likeness (QED) is 0.917. The topological polar surface area (TPSA) is 42.2 Å². The molecule has 0 aliphatic rings. The van der Waals surface area contributed by atoms with E-state index in [0.717, 1.165) is 5.56 Å². The number of carbonyl (C=O) groups excluding carboxylic acids is 1. The number of carbonyl (C=O) groups is 1. The van der Waals surface area contributed by atoms with Crippen LogP contribution >= 0.6 is 27.3 Å². The minimum absolute atomic E-state index is 0.0219. The molecule has 3 nitrogen and oxygen atoms in total. The van der Waals surface area contributed by atoms with Crippen LogP contribution < -0.4 is 5.32 Å². The first-order chi connectivity index (χ1) is 8.47.